The van der Waals surface area contributed by atoms with Crippen LogP contribution in [0.5, 0.6) is 0 Å². The number of nitrogens with zero attached hydrogens (tertiary/aromatic N) is 1. The van der Waals surface area contributed by atoms with Crippen LogP contribution in [-0.2, 0) is 5.41 Å². The Bertz CT molecular complexity index is 1170. The molecule has 0 amide bonds. The lowest BCUT2D eigenvalue weighted by molar-refractivity contribution is 0.618. The molecule has 0 spiro atoms. The molecule has 0 saturated carbocycles. The monoisotopic (exact) mass is 403 g/mol. The highest BCUT2D eigenvalue weighted by Crippen LogP contribution is 2.53. The highest BCUT2D eigenvalue weighted by molar-refractivity contribution is 9.10. The molecule has 0 N–H and O–H groups in total. The van der Waals surface area contributed by atoms with Crippen LogP contribution in [0, 0.1) is 6.92 Å². The molecule has 26 heavy (non-hydrogen) atoms. The summed E-state index contributed by atoms with van der Waals surface area (Å²) < 4.78 is 7.40. The summed E-state index contributed by atoms with van der Waals surface area (Å²) in [5, 5.41) is 0. The number of rotatable bonds is 1. The van der Waals surface area contributed by atoms with E-state index in [9.17, 15) is 0 Å². The Morgan fingerprint density at radius 2 is 1.77 bits per heavy atom. The standard InChI is InChI=1S/C23H18BrNO/c1-13-11-18-21(26-22(25-18)14-7-5-4-6-8-14)19-16-12-15(24)9-10-17(16)23(2,3)20(13)19/h4-12H,1-3H3. The summed E-state index contributed by atoms with van der Waals surface area (Å²) in [6.45, 7) is 6.76. The van der Waals surface area contributed by atoms with Crippen LogP contribution in [0.25, 0.3) is 33.7 Å². The zero-order valence-electron chi connectivity index (χ0n) is 14.9. The second-order valence-corrected chi connectivity index (χ2v) is 8.41. The van der Waals surface area contributed by atoms with Crippen molar-refractivity contribution in [3.63, 3.8) is 0 Å². The van der Waals surface area contributed by atoms with Gasteiger partial charge in [0.05, 0.1) is 0 Å². The summed E-state index contributed by atoms with van der Waals surface area (Å²) in [4.78, 5) is 4.79. The number of halogens is 1. The summed E-state index contributed by atoms with van der Waals surface area (Å²) in [6.07, 6.45) is 0. The molecule has 4 aromatic rings. The Hall–Kier alpha value is -2.39. The number of hydrogen-bond acceptors (Lipinski definition) is 2. The van der Waals surface area contributed by atoms with Crippen LogP contribution in [0.4, 0.5) is 0 Å². The average molecular weight is 404 g/mol. The summed E-state index contributed by atoms with van der Waals surface area (Å²) in [6, 6.07) is 18.8. The van der Waals surface area contributed by atoms with Gasteiger partial charge in [0.15, 0.2) is 5.58 Å². The van der Waals surface area contributed by atoms with Gasteiger partial charge in [-0.25, -0.2) is 4.98 Å². The van der Waals surface area contributed by atoms with E-state index in [0.29, 0.717) is 5.89 Å². The normalized spacial score (nSPS) is 14.5. The van der Waals surface area contributed by atoms with Crippen LogP contribution in [0.3, 0.4) is 0 Å². The van der Waals surface area contributed by atoms with Crippen LogP contribution in [0.1, 0.15) is 30.5 Å². The van der Waals surface area contributed by atoms with Gasteiger partial charge >= 0.3 is 0 Å². The Labute approximate surface area is 161 Å². The molecule has 1 heterocycles. The van der Waals surface area contributed by atoms with E-state index in [4.69, 9.17) is 9.40 Å². The second kappa shape index (κ2) is 5.31. The van der Waals surface area contributed by atoms with Crippen molar-refractivity contribution < 1.29 is 4.42 Å². The van der Waals surface area contributed by atoms with E-state index in [1.54, 1.807) is 0 Å². The topological polar surface area (TPSA) is 26.0 Å². The van der Waals surface area contributed by atoms with E-state index in [-0.39, 0.29) is 5.41 Å². The van der Waals surface area contributed by atoms with Gasteiger partial charge in [0.25, 0.3) is 0 Å². The molecule has 1 aliphatic carbocycles. The molecule has 3 aromatic carbocycles. The Morgan fingerprint density at radius 3 is 2.54 bits per heavy atom. The average Bonchev–Trinajstić information content (AvgIpc) is 3.13. The van der Waals surface area contributed by atoms with Crippen molar-refractivity contribution >= 4 is 27.0 Å². The zero-order valence-corrected chi connectivity index (χ0v) is 16.5. The van der Waals surface area contributed by atoms with Gasteiger partial charge in [-0.1, -0.05) is 54.0 Å². The summed E-state index contributed by atoms with van der Waals surface area (Å²) in [7, 11) is 0. The Kier molecular flexibility index (Phi) is 3.23. The van der Waals surface area contributed by atoms with Crippen LogP contribution in [-0.4, -0.2) is 4.98 Å². The van der Waals surface area contributed by atoms with Gasteiger partial charge in [-0.2, -0.15) is 0 Å². The van der Waals surface area contributed by atoms with Crippen molar-refractivity contribution in [2.24, 2.45) is 0 Å². The maximum atomic E-state index is 6.32. The van der Waals surface area contributed by atoms with Crippen molar-refractivity contribution in [1.82, 2.24) is 4.98 Å². The quantitative estimate of drug-likeness (QED) is 0.346. The molecule has 5 rings (SSSR count). The molecule has 0 unspecified atom stereocenters. The third-order valence-corrected chi connectivity index (χ3v) is 5.94. The maximum Gasteiger partial charge on any atom is 0.227 e. The second-order valence-electron chi connectivity index (χ2n) is 7.49. The number of hydrogen-bond donors (Lipinski definition) is 0. The zero-order chi connectivity index (χ0) is 18.1. The van der Waals surface area contributed by atoms with Crippen LogP contribution < -0.4 is 0 Å². The van der Waals surface area contributed by atoms with E-state index in [2.05, 4.69) is 61.0 Å². The maximum absolute atomic E-state index is 6.32. The van der Waals surface area contributed by atoms with Gasteiger partial charge in [-0.15, -0.1) is 0 Å². The van der Waals surface area contributed by atoms with Gasteiger partial charge in [0.1, 0.15) is 5.52 Å². The lowest BCUT2D eigenvalue weighted by Crippen LogP contribution is -2.16. The number of benzene rings is 3. The van der Waals surface area contributed by atoms with E-state index < -0.39 is 0 Å². The van der Waals surface area contributed by atoms with Gasteiger partial charge in [-0.3, -0.25) is 0 Å². The molecule has 2 nitrogen and oxygen atoms in total. The van der Waals surface area contributed by atoms with Gasteiger partial charge in [-0.05, 0) is 59.5 Å². The molecular formula is C23H18BrNO. The summed E-state index contributed by atoms with van der Waals surface area (Å²) >= 11 is 3.63. The first kappa shape index (κ1) is 15.8. The van der Waals surface area contributed by atoms with E-state index in [0.717, 1.165) is 21.1 Å². The van der Waals surface area contributed by atoms with Crippen molar-refractivity contribution in [3.05, 3.63) is 75.8 Å². The lowest BCUT2D eigenvalue weighted by Gasteiger charge is -2.23. The van der Waals surface area contributed by atoms with E-state index in [1.807, 2.05) is 30.3 Å². The molecule has 1 aliphatic rings. The molecule has 1 aromatic heterocycles. The van der Waals surface area contributed by atoms with E-state index in [1.165, 1.54) is 27.8 Å². The highest BCUT2D eigenvalue weighted by atomic mass is 79.9. The lowest BCUT2D eigenvalue weighted by atomic mass is 9.80. The first-order valence-electron chi connectivity index (χ1n) is 8.77. The molecule has 128 valence electrons. The smallest absolute Gasteiger partial charge is 0.227 e. The third-order valence-electron chi connectivity index (χ3n) is 5.45. The fourth-order valence-electron chi connectivity index (χ4n) is 4.37. The number of oxazole rings is 1. The number of fused-ring (bicyclic) bond motifs is 5. The SMILES string of the molecule is Cc1cc2nc(-c3ccccc3)oc2c2c1C(C)(C)c1ccc(Br)cc1-2. The van der Waals surface area contributed by atoms with Gasteiger partial charge in [0, 0.05) is 21.0 Å². The molecule has 0 atom stereocenters. The predicted molar refractivity (Wildman–Crippen MR) is 109 cm³/mol. The van der Waals surface area contributed by atoms with Crippen LogP contribution >= 0.6 is 15.9 Å². The van der Waals surface area contributed by atoms with Crippen molar-refractivity contribution in [2.45, 2.75) is 26.2 Å². The van der Waals surface area contributed by atoms with Gasteiger partial charge < -0.3 is 4.42 Å². The minimum atomic E-state index is -0.0522. The first-order chi connectivity index (χ1) is 12.5. The fraction of sp³-hybridized carbons (Fsp3) is 0.174. The summed E-state index contributed by atoms with van der Waals surface area (Å²) in [5.74, 6) is 0.676. The molecule has 3 heteroatoms. The molecule has 0 bridgehead atoms. The predicted octanol–water partition coefficient (Wildman–Crippen LogP) is 6.87. The molecule has 0 fully saturated rings. The van der Waals surface area contributed by atoms with Crippen molar-refractivity contribution in [2.75, 3.05) is 0 Å². The largest absolute Gasteiger partial charge is 0.435 e. The van der Waals surface area contributed by atoms with Gasteiger partial charge in [0.2, 0.25) is 5.89 Å². The van der Waals surface area contributed by atoms with Crippen molar-refractivity contribution in [3.8, 4) is 22.6 Å². The third kappa shape index (κ3) is 2.07. The Morgan fingerprint density at radius 1 is 1.00 bits per heavy atom. The van der Waals surface area contributed by atoms with Crippen molar-refractivity contribution in [1.29, 1.82) is 0 Å². The molecule has 0 aliphatic heterocycles. The first-order valence-corrected chi connectivity index (χ1v) is 9.56. The number of aromatic nitrogens is 1. The van der Waals surface area contributed by atoms with Crippen LogP contribution in [0.2, 0.25) is 0 Å². The molecule has 0 saturated heterocycles. The highest BCUT2D eigenvalue weighted by Gasteiger charge is 2.39. The minimum Gasteiger partial charge on any atom is -0.435 e. The Balaban J connectivity index is 1.88. The minimum absolute atomic E-state index is 0.0522. The summed E-state index contributed by atoms with van der Waals surface area (Å²) in [5.41, 5.74) is 9.12. The van der Waals surface area contributed by atoms with E-state index >= 15 is 0 Å². The fourth-order valence-corrected chi connectivity index (χ4v) is 4.73. The van der Waals surface area contributed by atoms with Crippen LogP contribution in [0.15, 0.2) is 63.5 Å². The number of aryl methyl sites for hydroxylation is 1. The molecular weight excluding hydrogens is 386 g/mol. The molecule has 0 radical (unpaired) electrons.